The highest BCUT2D eigenvalue weighted by Crippen LogP contribution is 2.32. The van der Waals surface area contributed by atoms with Gasteiger partial charge < -0.3 is 20.5 Å². The fourth-order valence-electron chi connectivity index (χ4n) is 2.44. The Morgan fingerprint density at radius 2 is 2.00 bits per heavy atom. The number of nitrogens with zero attached hydrogens (tertiary/aromatic N) is 2. The Morgan fingerprint density at radius 3 is 2.77 bits per heavy atom. The molecule has 0 bridgehead atoms. The van der Waals surface area contributed by atoms with Crippen LogP contribution in [0, 0.1) is 0 Å². The minimum Gasteiger partial charge on any atom is -0.483 e. The van der Waals surface area contributed by atoms with Gasteiger partial charge in [-0.05, 0) is 23.8 Å². The number of fused-ring (bicyclic) bond motifs is 1. The first kappa shape index (κ1) is 14.4. The third kappa shape index (κ3) is 3.20. The molecule has 0 fully saturated rings. The van der Waals surface area contributed by atoms with E-state index in [1.54, 1.807) is 12.1 Å². The van der Waals surface area contributed by atoms with Gasteiger partial charge in [0.1, 0.15) is 23.9 Å². The highest BCUT2D eigenvalue weighted by atomic mass is 16.5. The van der Waals surface area contributed by atoms with E-state index in [0.717, 1.165) is 22.8 Å². The van der Waals surface area contributed by atoms with Crippen LogP contribution in [0.4, 0.5) is 11.4 Å². The van der Waals surface area contributed by atoms with Crippen molar-refractivity contribution < 1.29 is 9.84 Å². The fourth-order valence-corrected chi connectivity index (χ4v) is 2.44. The maximum absolute atomic E-state index is 9.33. The van der Waals surface area contributed by atoms with E-state index in [1.807, 2.05) is 29.2 Å². The predicted molar refractivity (Wildman–Crippen MR) is 87.4 cm³/mol. The molecular weight excluding hydrogens is 278 g/mol. The van der Waals surface area contributed by atoms with E-state index >= 15 is 0 Å². The molecule has 1 aliphatic heterocycles. The van der Waals surface area contributed by atoms with Crippen molar-refractivity contribution in [2.24, 2.45) is 4.99 Å². The van der Waals surface area contributed by atoms with Gasteiger partial charge in [-0.15, -0.1) is 0 Å². The molecule has 22 heavy (non-hydrogen) atoms. The average Bonchev–Trinajstić information content (AvgIpc) is 2.55. The van der Waals surface area contributed by atoms with E-state index in [2.05, 4.69) is 17.1 Å². The molecule has 0 unspecified atom stereocenters. The molecule has 0 amide bonds. The molecule has 5 nitrogen and oxygen atoms in total. The van der Waals surface area contributed by atoms with Crippen molar-refractivity contribution in [2.75, 3.05) is 25.5 Å². The minimum absolute atomic E-state index is 0.0651. The van der Waals surface area contributed by atoms with Crippen LogP contribution >= 0.6 is 0 Å². The SMILES string of the molecule is Nc1ccc2c(c1)N=C(N(CCO)Cc1ccccc1)CO2. The molecule has 0 aliphatic carbocycles. The molecule has 114 valence electrons. The number of amidine groups is 1. The van der Waals surface area contributed by atoms with Crippen molar-refractivity contribution in [1.29, 1.82) is 0 Å². The Kier molecular flexibility index (Phi) is 4.25. The first-order chi connectivity index (χ1) is 10.8. The smallest absolute Gasteiger partial charge is 0.146 e. The standard InChI is InChI=1S/C17H19N3O2/c18-14-6-7-16-15(10-14)19-17(12-22-16)20(8-9-21)11-13-4-2-1-3-5-13/h1-7,10,21H,8-9,11-12,18H2. The number of benzene rings is 2. The molecule has 5 heteroatoms. The fraction of sp³-hybridized carbons (Fsp3) is 0.235. The molecule has 0 atom stereocenters. The third-order valence-electron chi connectivity index (χ3n) is 3.54. The highest BCUT2D eigenvalue weighted by Gasteiger charge is 2.18. The van der Waals surface area contributed by atoms with Crippen LogP contribution in [-0.2, 0) is 6.54 Å². The molecule has 1 aliphatic rings. The van der Waals surface area contributed by atoms with Crippen LogP contribution in [0.2, 0.25) is 0 Å². The van der Waals surface area contributed by atoms with Crippen molar-refractivity contribution in [1.82, 2.24) is 4.90 Å². The number of anilines is 1. The van der Waals surface area contributed by atoms with Gasteiger partial charge in [0, 0.05) is 18.8 Å². The van der Waals surface area contributed by atoms with Crippen LogP contribution in [0.15, 0.2) is 53.5 Å². The summed E-state index contributed by atoms with van der Waals surface area (Å²) < 4.78 is 5.75. The van der Waals surface area contributed by atoms with Gasteiger partial charge in [0.05, 0.1) is 6.61 Å². The quantitative estimate of drug-likeness (QED) is 0.849. The second-order valence-corrected chi connectivity index (χ2v) is 5.17. The summed E-state index contributed by atoms with van der Waals surface area (Å²) in [7, 11) is 0. The Balaban J connectivity index is 1.85. The van der Waals surface area contributed by atoms with Gasteiger partial charge in [0.25, 0.3) is 0 Å². The minimum atomic E-state index is 0.0651. The second kappa shape index (κ2) is 6.49. The first-order valence-electron chi connectivity index (χ1n) is 7.26. The normalized spacial score (nSPS) is 13.0. The summed E-state index contributed by atoms with van der Waals surface area (Å²) in [5, 5.41) is 9.33. The lowest BCUT2D eigenvalue weighted by atomic mass is 10.2. The maximum Gasteiger partial charge on any atom is 0.146 e. The summed E-state index contributed by atoms with van der Waals surface area (Å²) >= 11 is 0. The van der Waals surface area contributed by atoms with E-state index in [1.165, 1.54) is 0 Å². The van der Waals surface area contributed by atoms with E-state index in [0.29, 0.717) is 25.4 Å². The van der Waals surface area contributed by atoms with Crippen LogP contribution in [0.1, 0.15) is 5.56 Å². The van der Waals surface area contributed by atoms with Crippen molar-refractivity contribution >= 4 is 17.2 Å². The molecule has 0 saturated carbocycles. The van der Waals surface area contributed by atoms with Gasteiger partial charge >= 0.3 is 0 Å². The number of ether oxygens (including phenoxy) is 1. The summed E-state index contributed by atoms with van der Waals surface area (Å²) in [6, 6.07) is 15.5. The molecule has 0 spiro atoms. The monoisotopic (exact) mass is 297 g/mol. The zero-order valence-corrected chi connectivity index (χ0v) is 12.3. The number of hydrogen-bond donors (Lipinski definition) is 2. The lowest BCUT2D eigenvalue weighted by Crippen LogP contribution is -2.37. The molecule has 0 saturated heterocycles. The van der Waals surface area contributed by atoms with Crippen LogP contribution < -0.4 is 10.5 Å². The van der Waals surface area contributed by atoms with E-state index in [4.69, 9.17) is 10.5 Å². The maximum atomic E-state index is 9.33. The summed E-state index contributed by atoms with van der Waals surface area (Å²) in [5.74, 6) is 1.54. The highest BCUT2D eigenvalue weighted by molar-refractivity contribution is 5.89. The van der Waals surface area contributed by atoms with E-state index in [9.17, 15) is 5.11 Å². The zero-order chi connectivity index (χ0) is 15.4. The summed E-state index contributed by atoms with van der Waals surface area (Å²) in [6.45, 7) is 1.65. The van der Waals surface area contributed by atoms with Crippen LogP contribution in [-0.4, -0.2) is 35.6 Å². The zero-order valence-electron chi connectivity index (χ0n) is 12.3. The van der Waals surface area contributed by atoms with E-state index in [-0.39, 0.29) is 6.61 Å². The molecular formula is C17H19N3O2. The molecule has 3 N–H and O–H groups in total. The number of aliphatic hydroxyl groups is 1. The van der Waals surface area contributed by atoms with Crippen LogP contribution in [0.5, 0.6) is 5.75 Å². The number of rotatable bonds is 4. The van der Waals surface area contributed by atoms with Gasteiger partial charge in [-0.25, -0.2) is 4.99 Å². The van der Waals surface area contributed by atoms with Crippen LogP contribution in [0.25, 0.3) is 0 Å². The number of nitrogens with two attached hydrogens (primary N) is 1. The Labute approximate surface area is 129 Å². The summed E-state index contributed by atoms with van der Waals surface area (Å²) in [5.41, 5.74) is 8.36. The second-order valence-electron chi connectivity index (χ2n) is 5.17. The molecule has 0 radical (unpaired) electrons. The topological polar surface area (TPSA) is 71.1 Å². The number of aliphatic hydroxyl groups excluding tert-OH is 1. The average molecular weight is 297 g/mol. The van der Waals surface area contributed by atoms with Gasteiger partial charge in [-0.3, -0.25) is 0 Å². The first-order valence-corrected chi connectivity index (χ1v) is 7.26. The predicted octanol–water partition coefficient (Wildman–Crippen LogP) is 2.19. The lowest BCUT2D eigenvalue weighted by molar-refractivity contribution is 0.237. The number of nitrogen functional groups attached to an aromatic ring is 1. The van der Waals surface area contributed by atoms with Crippen molar-refractivity contribution in [3.05, 3.63) is 54.1 Å². The molecule has 2 aromatic carbocycles. The van der Waals surface area contributed by atoms with E-state index < -0.39 is 0 Å². The summed E-state index contributed by atoms with van der Waals surface area (Å²) in [6.07, 6.45) is 0. The van der Waals surface area contributed by atoms with Crippen molar-refractivity contribution in [3.8, 4) is 5.75 Å². The number of aliphatic imine (C=N–C) groups is 1. The molecule has 0 aromatic heterocycles. The van der Waals surface area contributed by atoms with Crippen LogP contribution in [0.3, 0.4) is 0 Å². The number of hydrogen-bond acceptors (Lipinski definition) is 5. The molecule has 1 heterocycles. The Morgan fingerprint density at radius 1 is 1.18 bits per heavy atom. The van der Waals surface area contributed by atoms with Crippen molar-refractivity contribution in [2.45, 2.75) is 6.54 Å². The van der Waals surface area contributed by atoms with Gasteiger partial charge in [-0.2, -0.15) is 0 Å². The molecule has 3 rings (SSSR count). The lowest BCUT2D eigenvalue weighted by Gasteiger charge is -2.28. The van der Waals surface area contributed by atoms with Gasteiger partial charge in [0.2, 0.25) is 0 Å². The third-order valence-corrected chi connectivity index (χ3v) is 3.54. The largest absolute Gasteiger partial charge is 0.483 e. The Bertz CT molecular complexity index is 671. The van der Waals surface area contributed by atoms with Crippen molar-refractivity contribution in [3.63, 3.8) is 0 Å². The van der Waals surface area contributed by atoms with Gasteiger partial charge in [0.15, 0.2) is 0 Å². The summed E-state index contributed by atoms with van der Waals surface area (Å²) in [4.78, 5) is 6.68. The van der Waals surface area contributed by atoms with Gasteiger partial charge in [-0.1, -0.05) is 30.3 Å². The molecule has 2 aromatic rings. The Hall–Kier alpha value is -2.53.